The maximum atomic E-state index is 11.8. The molecule has 5 heteroatoms. The molecular formula is C11H11N3OS. The number of thiazole rings is 1. The van der Waals surface area contributed by atoms with E-state index in [0.29, 0.717) is 12.2 Å². The third kappa shape index (κ3) is 2.50. The molecule has 0 unspecified atom stereocenters. The summed E-state index contributed by atoms with van der Waals surface area (Å²) in [5.41, 5.74) is 6.68. The number of Topliss-reactive ketones (excluding diaryl/α,β-unsaturated/α-hetero) is 1. The van der Waals surface area contributed by atoms with Gasteiger partial charge in [-0.25, -0.2) is 4.98 Å². The third-order valence-electron chi connectivity index (χ3n) is 2.08. The van der Waals surface area contributed by atoms with Gasteiger partial charge >= 0.3 is 0 Å². The van der Waals surface area contributed by atoms with Crippen molar-refractivity contribution in [3.8, 4) is 0 Å². The highest BCUT2D eigenvalue weighted by Crippen LogP contribution is 2.11. The van der Waals surface area contributed by atoms with Gasteiger partial charge in [0.05, 0.1) is 6.42 Å². The van der Waals surface area contributed by atoms with Gasteiger partial charge in [-0.15, -0.1) is 11.3 Å². The summed E-state index contributed by atoms with van der Waals surface area (Å²) in [6.07, 6.45) is 1.96. The molecular weight excluding hydrogens is 222 g/mol. The topological polar surface area (TPSA) is 68.9 Å². The molecule has 0 amide bonds. The molecule has 0 saturated heterocycles. The zero-order valence-electron chi connectivity index (χ0n) is 8.59. The van der Waals surface area contributed by atoms with Crippen LogP contribution in [0.3, 0.4) is 0 Å². The zero-order chi connectivity index (χ0) is 11.4. The van der Waals surface area contributed by atoms with E-state index in [1.54, 1.807) is 11.6 Å². The number of aromatic nitrogens is 2. The molecule has 2 aromatic rings. The number of hydrogen-bond acceptors (Lipinski definition) is 5. The fourth-order valence-corrected chi connectivity index (χ4v) is 1.97. The summed E-state index contributed by atoms with van der Waals surface area (Å²) in [5, 5.41) is 2.53. The summed E-state index contributed by atoms with van der Waals surface area (Å²) in [4.78, 5) is 20.0. The predicted octanol–water partition coefficient (Wildman–Crippen LogP) is 1.42. The average molecular weight is 233 g/mol. The summed E-state index contributed by atoms with van der Waals surface area (Å²) in [6, 6.07) is 5.51. The van der Waals surface area contributed by atoms with E-state index in [1.165, 1.54) is 11.3 Å². The number of carbonyl (C=O) groups is 1. The number of pyridine rings is 1. The van der Waals surface area contributed by atoms with Gasteiger partial charge in [0.15, 0.2) is 5.78 Å². The van der Waals surface area contributed by atoms with Crippen molar-refractivity contribution in [3.05, 3.63) is 46.2 Å². The van der Waals surface area contributed by atoms with Crippen LogP contribution in [0.4, 0.5) is 0 Å². The molecule has 0 aliphatic heterocycles. The van der Waals surface area contributed by atoms with E-state index in [0.717, 1.165) is 10.7 Å². The van der Waals surface area contributed by atoms with Gasteiger partial charge in [0, 0.05) is 23.8 Å². The van der Waals surface area contributed by atoms with Crippen molar-refractivity contribution in [2.45, 2.75) is 13.0 Å². The predicted molar refractivity (Wildman–Crippen MR) is 62.3 cm³/mol. The molecule has 2 aromatic heterocycles. The second kappa shape index (κ2) is 4.96. The molecule has 0 aliphatic carbocycles. The quantitative estimate of drug-likeness (QED) is 0.811. The summed E-state index contributed by atoms with van der Waals surface area (Å²) >= 11 is 1.41. The van der Waals surface area contributed by atoms with Crippen molar-refractivity contribution >= 4 is 17.1 Å². The highest BCUT2D eigenvalue weighted by Gasteiger charge is 2.11. The van der Waals surface area contributed by atoms with Crippen molar-refractivity contribution in [2.75, 3.05) is 0 Å². The first-order valence-electron chi connectivity index (χ1n) is 4.87. The maximum Gasteiger partial charge on any atom is 0.187 e. The molecule has 0 aliphatic rings. The van der Waals surface area contributed by atoms with Crippen molar-refractivity contribution in [1.82, 2.24) is 9.97 Å². The molecule has 0 radical (unpaired) electrons. The van der Waals surface area contributed by atoms with E-state index in [4.69, 9.17) is 5.73 Å². The van der Waals surface area contributed by atoms with Gasteiger partial charge in [-0.05, 0) is 12.1 Å². The van der Waals surface area contributed by atoms with Crippen LogP contribution in [0, 0.1) is 0 Å². The molecule has 2 rings (SSSR count). The first kappa shape index (κ1) is 10.9. The van der Waals surface area contributed by atoms with Crippen LogP contribution in [0.2, 0.25) is 0 Å². The zero-order valence-corrected chi connectivity index (χ0v) is 9.41. The van der Waals surface area contributed by atoms with Gasteiger partial charge in [0.25, 0.3) is 0 Å². The van der Waals surface area contributed by atoms with Crippen molar-refractivity contribution in [3.63, 3.8) is 0 Å². The van der Waals surface area contributed by atoms with E-state index < -0.39 is 0 Å². The average Bonchev–Trinajstić information content (AvgIpc) is 2.79. The van der Waals surface area contributed by atoms with Gasteiger partial charge in [-0.2, -0.15) is 0 Å². The minimum Gasteiger partial charge on any atom is -0.325 e. The summed E-state index contributed by atoms with van der Waals surface area (Å²) in [7, 11) is 0. The Morgan fingerprint density at radius 2 is 2.31 bits per heavy atom. The smallest absolute Gasteiger partial charge is 0.187 e. The Kier molecular flexibility index (Phi) is 3.38. The Morgan fingerprint density at radius 3 is 2.94 bits per heavy atom. The van der Waals surface area contributed by atoms with Crippen LogP contribution >= 0.6 is 11.3 Å². The number of ketones is 1. The van der Waals surface area contributed by atoms with Crippen LogP contribution in [0.1, 0.15) is 21.2 Å². The molecule has 4 nitrogen and oxygen atoms in total. The normalized spacial score (nSPS) is 10.3. The SMILES string of the molecule is NCc1nc(C(=O)Cc2ccccn2)cs1. The largest absolute Gasteiger partial charge is 0.325 e. The van der Waals surface area contributed by atoms with Crippen LogP contribution in [0.5, 0.6) is 0 Å². The number of carbonyl (C=O) groups excluding carboxylic acids is 1. The molecule has 2 N–H and O–H groups in total. The Bertz CT molecular complexity index is 481. The van der Waals surface area contributed by atoms with Crippen molar-refractivity contribution < 1.29 is 4.79 Å². The lowest BCUT2D eigenvalue weighted by molar-refractivity contribution is 0.0987. The first-order valence-corrected chi connectivity index (χ1v) is 5.75. The fraction of sp³-hybridized carbons (Fsp3) is 0.182. The highest BCUT2D eigenvalue weighted by atomic mass is 32.1. The van der Waals surface area contributed by atoms with Gasteiger partial charge in [-0.3, -0.25) is 9.78 Å². The standard InChI is InChI=1S/C11H11N3OS/c12-6-11-14-9(7-16-11)10(15)5-8-3-1-2-4-13-8/h1-4,7H,5-6,12H2. The van der Waals surface area contributed by atoms with Crippen LogP contribution in [-0.4, -0.2) is 15.8 Å². The molecule has 0 spiro atoms. The molecule has 16 heavy (non-hydrogen) atoms. The van der Waals surface area contributed by atoms with E-state index in [9.17, 15) is 4.79 Å². The third-order valence-corrected chi connectivity index (χ3v) is 2.95. The monoisotopic (exact) mass is 233 g/mol. The van der Waals surface area contributed by atoms with Gasteiger partial charge < -0.3 is 5.73 Å². The lowest BCUT2D eigenvalue weighted by Gasteiger charge is -1.96. The lowest BCUT2D eigenvalue weighted by atomic mass is 10.2. The van der Waals surface area contributed by atoms with Crippen LogP contribution in [0.25, 0.3) is 0 Å². The first-order chi connectivity index (χ1) is 7.79. The highest BCUT2D eigenvalue weighted by molar-refractivity contribution is 7.09. The maximum absolute atomic E-state index is 11.8. The second-order valence-corrected chi connectivity index (χ2v) is 4.19. The van der Waals surface area contributed by atoms with Gasteiger partial charge in [0.1, 0.15) is 10.7 Å². The number of nitrogens with zero attached hydrogens (tertiary/aromatic N) is 2. The van der Waals surface area contributed by atoms with E-state index in [-0.39, 0.29) is 12.2 Å². The number of nitrogens with two attached hydrogens (primary N) is 1. The second-order valence-electron chi connectivity index (χ2n) is 3.25. The molecule has 82 valence electrons. The van der Waals surface area contributed by atoms with Gasteiger partial charge in [-0.1, -0.05) is 6.07 Å². The van der Waals surface area contributed by atoms with Crippen molar-refractivity contribution in [2.24, 2.45) is 5.73 Å². The minimum atomic E-state index is -0.0188. The van der Waals surface area contributed by atoms with Gasteiger partial charge in [0.2, 0.25) is 0 Å². The van der Waals surface area contributed by atoms with Crippen LogP contribution in [0.15, 0.2) is 29.8 Å². The fourth-order valence-electron chi connectivity index (χ4n) is 1.29. The Morgan fingerprint density at radius 1 is 1.44 bits per heavy atom. The Hall–Kier alpha value is -1.59. The van der Waals surface area contributed by atoms with Crippen molar-refractivity contribution in [1.29, 1.82) is 0 Å². The van der Waals surface area contributed by atoms with E-state index >= 15 is 0 Å². The molecule has 2 heterocycles. The minimum absolute atomic E-state index is 0.0188. The Labute approximate surface area is 97.2 Å². The lowest BCUT2D eigenvalue weighted by Crippen LogP contribution is -2.06. The number of hydrogen-bond donors (Lipinski definition) is 1. The molecule has 0 atom stereocenters. The number of rotatable bonds is 4. The van der Waals surface area contributed by atoms with E-state index in [1.807, 2.05) is 18.2 Å². The molecule has 0 bridgehead atoms. The molecule has 0 fully saturated rings. The van der Waals surface area contributed by atoms with Crippen LogP contribution < -0.4 is 5.73 Å². The summed E-state index contributed by atoms with van der Waals surface area (Å²) in [6.45, 7) is 0.377. The summed E-state index contributed by atoms with van der Waals surface area (Å²) in [5.74, 6) is -0.0188. The molecule has 0 aromatic carbocycles. The Balaban J connectivity index is 2.09. The summed E-state index contributed by atoms with van der Waals surface area (Å²) < 4.78 is 0. The van der Waals surface area contributed by atoms with Crippen LogP contribution in [-0.2, 0) is 13.0 Å². The van der Waals surface area contributed by atoms with E-state index in [2.05, 4.69) is 9.97 Å². The molecule has 0 saturated carbocycles.